The standard InChI is InChI=1S/C19H19N3O3/c1-12-4-9-17(13(2)10-12)21-19(24)22-18(23)14(3)25-16-7-5-15(11-20)6-8-16/h4-10,14H,1-3H3,(H2,21,22,23,24)/t14-/m1/s1. The van der Waals surface area contributed by atoms with Crippen molar-refractivity contribution >= 4 is 17.6 Å². The smallest absolute Gasteiger partial charge is 0.325 e. The van der Waals surface area contributed by atoms with Crippen molar-refractivity contribution in [3.8, 4) is 11.8 Å². The second-order valence-corrected chi connectivity index (χ2v) is 5.66. The first-order chi connectivity index (χ1) is 11.9. The fourth-order valence-corrected chi connectivity index (χ4v) is 2.19. The number of carbonyl (C=O) groups excluding carboxylic acids is 2. The van der Waals surface area contributed by atoms with E-state index in [0.29, 0.717) is 17.0 Å². The Hall–Kier alpha value is -3.33. The average Bonchev–Trinajstić information content (AvgIpc) is 2.58. The van der Waals surface area contributed by atoms with E-state index in [1.165, 1.54) is 6.92 Å². The summed E-state index contributed by atoms with van der Waals surface area (Å²) < 4.78 is 5.46. The third-order valence-corrected chi connectivity index (χ3v) is 3.53. The molecule has 0 aliphatic carbocycles. The Morgan fingerprint density at radius 1 is 1.12 bits per heavy atom. The number of imide groups is 1. The average molecular weight is 337 g/mol. The van der Waals surface area contributed by atoms with Crippen LogP contribution >= 0.6 is 0 Å². The molecule has 0 radical (unpaired) electrons. The number of nitrogens with one attached hydrogen (secondary N) is 2. The summed E-state index contributed by atoms with van der Waals surface area (Å²) >= 11 is 0. The highest BCUT2D eigenvalue weighted by Crippen LogP contribution is 2.16. The van der Waals surface area contributed by atoms with Crippen LogP contribution in [0.5, 0.6) is 5.75 Å². The molecule has 0 aromatic heterocycles. The second-order valence-electron chi connectivity index (χ2n) is 5.66. The number of nitrogens with zero attached hydrogens (tertiary/aromatic N) is 1. The summed E-state index contributed by atoms with van der Waals surface area (Å²) in [6.45, 7) is 5.38. The van der Waals surface area contributed by atoms with Gasteiger partial charge in [-0.15, -0.1) is 0 Å². The Balaban J connectivity index is 1.91. The van der Waals surface area contributed by atoms with Gasteiger partial charge in [-0.05, 0) is 56.7 Å². The van der Waals surface area contributed by atoms with E-state index in [0.717, 1.165) is 11.1 Å². The summed E-state index contributed by atoms with van der Waals surface area (Å²) in [6.07, 6.45) is -0.863. The van der Waals surface area contributed by atoms with Gasteiger partial charge in [-0.25, -0.2) is 4.79 Å². The molecule has 0 spiro atoms. The highest BCUT2D eigenvalue weighted by atomic mass is 16.5. The van der Waals surface area contributed by atoms with Crippen molar-refractivity contribution < 1.29 is 14.3 Å². The third kappa shape index (κ3) is 5.08. The van der Waals surface area contributed by atoms with Crippen LogP contribution in [0.25, 0.3) is 0 Å². The molecule has 0 bridgehead atoms. The number of nitriles is 1. The summed E-state index contributed by atoms with van der Waals surface area (Å²) in [7, 11) is 0. The predicted molar refractivity (Wildman–Crippen MR) is 94.3 cm³/mol. The normalized spacial score (nSPS) is 11.1. The zero-order valence-corrected chi connectivity index (χ0v) is 14.3. The number of amides is 3. The van der Waals surface area contributed by atoms with Crippen molar-refractivity contribution in [2.75, 3.05) is 5.32 Å². The van der Waals surface area contributed by atoms with Gasteiger partial charge < -0.3 is 10.1 Å². The van der Waals surface area contributed by atoms with Crippen LogP contribution in [0.3, 0.4) is 0 Å². The predicted octanol–water partition coefficient (Wildman–Crippen LogP) is 3.29. The highest BCUT2D eigenvalue weighted by molar-refractivity contribution is 6.02. The van der Waals surface area contributed by atoms with Crippen molar-refractivity contribution in [2.24, 2.45) is 0 Å². The first kappa shape index (κ1) is 18.0. The number of hydrogen-bond donors (Lipinski definition) is 2. The lowest BCUT2D eigenvalue weighted by Crippen LogP contribution is -2.42. The number of benzene rings is 2. The molecule has 2 aromatic rings. The van der Waals surface area contributed by atoms with Gasteiger partial charge in [0.1, 0.15) is 5.75 Å². The number of carbonyl (C=O) groups is 2. The molecule has 1 atom stereocenters. The van der Waals surface area contributed by atoms with E-state index in [1.54, 1.807) is 30.3 Å². The zero-order chi connectivity index (χ0) is 18.4. The Kier molecular flexibility index (Phi) is 5.75. The summed E-state index contributed by atoms with van der Waals surface area (Å²) in [6, 6.07) is 13.4. The molecule has 6 heteroatoms. The lowest BCUT2D eigenvalue weighted by atomic mass is 10.1. The molecular formula is C19H19N3O3. The van der Waals surface area contributed by atoms with Crippen LogP contribution in [-0.4, -0.2) is 18.0 Å². The minimum Gasteiger partial charge on any atom is -0.481 e. The van der Waals surface area contributed by atoms with Crippen molar-refractivity contribution in [1.29, 1.82) is 5.26 Å². The van der Waals surface area contributed by atoms with Crippen molar-refractivity contribution in [3.05, 3.63) is 59.2 Å². The first-order valence-electron chi connectivity index (χ1n) is 7.75. The Morgan fingerprint density at radius 2 is 1.80 bits per heavy atom. The Bertz CT molecular complexity index is 823. The maximum atomic E-state index is 12.1. The lowest BCUT2D eigenvalue weighted by Gasteiger charge is -2.15. The van der Waals surface area contributed by atoms with Crippen LogP contribution in [0.2, 0.25) is 0 Å². The van der Waals surface area contributed by atoms with E-state index in [2.05, 4.69) is 10.6 Å². The van der Waals surface area contributed by atoms with Crippen LogP contribution in [0.15, 0.2) is 42.5 Å². The molecule has 0 saturated carbocycles. The van der Waals surface area contributed by atoms with Gasteiger partial charge in [-0.2, -0.15) is 5.26 Å². The van der Waals surface area contributed by atoms with E-state index in [4.69, 9.17) is 10.00 Å². The molecule has 3 amide bonds. The number of urea groups is 1. The maximum Gasteiger partial charge on any atom is 0.325 e. The number of anilines is 1. The van der Waals surface area contributed by atoms with Gasteiger partial charge in [-0.3, -0.25) is 10.1 Å². The van der Waals surface area contributed by atoms with Gasteiger partial charge >= 0.3 is 6.03 Å². The van der Waals surface area contributed by atoms with E-state index < -0.39 is 18.0 Å². The first-order valence-corrected chi connectivity index (χ1v) is 7.75. The van der Waals surface area contributed by atoms with E-state index >= 15 is 0 Å². The minimum atomic E-state index is -0.863. The number of rotatable bonds is 4. The van der Waals surface area contributed by atoms with Gasteiger partial charge in [0, 0.05) is 5.69 Å². The molecule has 0 heterocycles. The number of aryl methyl sites for hydroxylation is 2. The Labute approximate surface area is 146 Å². The van der Waals surface area contributed by atoms with E-state index in [9.17, 15) is 9.59 Å². The molecule has 0 fully saturated rings. The van der Waals surface area contributed by atoms with Crippen molar-refractivity contribution in [3.63, 3.8) is 0 Å². The summed E-state index contributed by atoms with van der Waals surface area (Å²) in [5, 5.41) is 13.6. The van der Waals surface area contributed by atoms with E-state index in [1.807, 2.05) is 32.0 Å². The van der Waals surface area contributed by atoms with E-state index in [-0.39, 0.29) is 0 Å². The maximum absolute atomic E-state index is 12.1. The molecule has 2 aromatic carbocycles. The van der Waals surface area contributed by atoms with Crippen LogP contribution in [0, 0.1) is 25.2 Å². The molecule has 25 heavy (non-hydrogen) atoms. The summed E-state index contributed by atoms with van der Waals surface area (Å²) in [4.78, 5) is 24.0. The largest absolute Gasteiger partial charge is 0.481 e. The number of hydrogen-bond acceptors (Lipinski definition) is 4. The zero-order valence-electron chi connectivity index (χ0n) is 14.3. The highest BCUT2D eigenvalue weighted by Gasteiger charge is 2.18. The molecule has 2 rings (SSSR count). The Morgan fingerprint density at radius 3 is 2.40 bits per heavy atom. The molecule has 0 aliphatic heterocycles. The molecule has 0 saturated heterocycles. The number of ether oxygens (including phenoxy) is 1. The molecule has 2 N–H and O–H groups in total. The molecular weight excluding hydrogens is 318 g/mol. The monoisotopic (exact) mass is 337 g/mol. The van der Waals surface area contributed by atoms with Gasteiger partial charge in [0.05, 0.1) is 11.6 Å². The molecule has 6 nitrogen and oxygen atoms in total. The fourth-order valence-electron chi connectivity index (χ4n) is 2.19. The van der Waals surface area contributed by atoms with Crippen LogP contribution in [-0.2, 0) is 4.79 Å². The minimum absolute atomic E-state index is 0.441. The molecule has 0 aliphatic rings. The van der Waals surface area contributed by atoms with Crippen molar-refractivity contribution in [1.82, 2.24) is 5.32 Å². The van der Waals surface area contributed by atoms with Gasteiger partial charge in [-0.1, -0.05) is 17.7 Å². The molecule has 0 unspecified atom stereocenters. The lowest BCUT2D eigenvalue weighted by molar-refractivity contribution is -0.126. The quantitative estimate of drug-likeness (QED) is 0.895. The molecule has 128 valence electrons. The second kappa shape index (κ2) is 7.97. The van der Waals surface area contributed by atoms with Crippen LogP contribution in [0.1, 0.15) is 23.6 Å². The summed E-state index contributed by atoms with van der Waals surface area (Å²) in [5.74, 6) is -0.122. The SMILES string of the molecule is Cc1ccc(NC(=O)NC(=O)[C@@H](C)Oc2ccc(C#N)cc2)c(C)c1. The van der Waals surface area contributed by atoms with Gasteiger partial charge in [0.25, 0.3) is 5.91 Å². The van der Waals surface area contributed by atoms with Gasteiger partial charge in [0.2, 0.25) is 0 Å². The van der Waals surface area contributed by atoms with Crippen LogP contribution in [0.4, 0.5) is 10.5 Å². The topological polar surface area (TPSA) is 91.2 Å². The summed E-state index contributed by atoms with van der Waals surface area (Å²) in [5.41, 5.74) is 3.13. The fraction of sp³-hybridized carbons (Fsp3) is 0.211. The van der Waals surface area contributed by atoms with Crippen LogP contribution < -0.4 is 15.4 Å². The van der Waals surface area contributed by atoms with Crippen molar-refractivity contribution in [2.45, 2.75) is 26.9 Å². The third-order valence-electron chi connectivity index (χ3n) is 3.53. The van der Waals surface area contributed by atoms with Gasteiger partial charge in [0.15, 0.2) is 6.10 Å².